The van der Waals surface area contributed by atoms with Gasteiger partial charge in [-0.25, -0.2) is 0 Å². The number of allylic oxidation sites excluding steroid dienone is 7. The Morgan fingerprint density at radius 1 is 0.688 bits per heavy atom. The Hall–Kier alpha value is -5.60. The van der Waals surface area contributed by atoms with E-state index in [0.29, 0.717) is 0 Å². The Labute approximate surface area is 284 Å². The van der Waals surface area contributed by atoms with Crippen molar-refractivity contribution < 1.29 is 0 Å². The van der Waals surface area contributed by atoms with Crippen molar-refractivity contribution in [2.24, 2.45) is 5.41 Å². The summed E-state index contributed by atoms with van der Waals surface area (Å²) in [6.07, 6.45) is 15.9. The van der Waals surface area contributed by atoms with Crippen molar-refractivity contribution in [1.29, 1.82) is 0 Å². The Kier molecular flexibility index (Phi) is 8.00. The molecule has 2 atom stereocenters. The minimum Gasteiger partial charge on any atom is -0.379 e. The van der Waals surface area contributed by atoms with Crippen molar-refractivity contribution in [3.05, 3.63) is 209 Å². The molecule has 0 fully saturated rings. The lowest BCUT2D eigenvalue weighted by Crippen LogP contribution is -2.33. The lowest BCUT2D eigenvalue weighted by atomic mass is 9.57. The minimum absolute atomic E-state index is 0.172. The Bertz CT molecular complexity index is 2090. The summed E-state index contributed by atoms with van der Waals surface area (Å²) in [6.45, 7) is 3.16. The van der Waals surface area contributed by atoms with E-state index in [-0.39, 0.29) is 11.3 Å². The number of hydrogen-bond donors (Lipinski definition) is 2. The van der Waals surface area contributed by atoms with E-state index < -0.39 is 0 Å². The van der Waals surface area contributed by atoms with E-state index in [1.807, 2.05) is 0 Å². The zero-order valence-electron chi connectivity index (χ0n) is 27.4. The first-order valence-corrected chi connectivity index (χ1v) is 17.1. The third-order valence-corrected chi connectivity index (χ3v) is 10.1. The van der Waals surface area contributed by atoms with Crippen molar-refractivity contribution in [3.63, 3.8) is 0 Å². The van der Waals surface area contributed by atoms with Crippen LogP contribution in [0, 0.1) is 5.41 Å². The van der Waals surface area contributed by atoms with Crippen LogP contribution in [0.2, 0.25) is 0 Å². The average molecular weight is 621 g/mol. The van der Waals surface area contributed by atoms with Crippen LogP contribution in [-0.2, 0) is 0 Å². The van der Waals surface area contributed by atoms with Crippen LogP contribution in [0.25, 0.3) is 16.7 Å². The molecule has 3 aliphatic rings. The van der Waals surface area contributed by atoms with Crippen LogP contribution >= 0.6 is 0 Å². The number of fused-ring (bicyclic) bond motifs is 2. The van der Waals surface area contributed by atoms with E-state index in [1.54, 1.807) is 0 Å². The zero-order chi connectivity index (χ0) is 32.3. The molecule has 0 bridgehead atoms. The molecule has 2 heteroatoms. The monoisotopic (exact) mass is 620 g/mol. The van der Waals surface area contributed by atoms with Gasteiger partial charge in [0.1, 0.15) is 0 Å². The van der Waals surface area contributed by atoms with Gasteiger partial charge in [-0.1, -0.05) is 159 Å². The number of hydrogen-bond acceptors (Lipinski definition) is 2. The summed E-state index contributed by atoms with van der Waals surface area (Å²) in [7, 11) is 0. The van der Waals surface area contributed by atoms with Crippen molar-refractivity contribution in [2.75, 3.05) is 17.2 Å². The molecule has 48 heavy (non-hydrogen) atoms. The fourth-order valence-electron chi connectivity index (χ4n) is 7.67. The molecule has 5 aromatic carbocycles. The second-order valence-corrected chi connectivity index (χ2v) is 13.2. The van der Waals surface area contributed by atoms with Gasteiger partial charge in [0, 0.05) is 23.6 Å². The molecule has 0 heterocycles. The van der Waals surface area contributed by atoms with Crippen molar-refractivity contribution in [2.45, 2.75) is 25.7 Å². The van der Waals surface area contributed by atoms with Gasteiger partial charge in [-0.05, 0) is 81.2 Å². The number of anilines is 2. The first kappa shape index (κ1) is 29.8. The lowest BCUT2D eigenvalue weighted by Gasteiger charge is -2.45. The van der Waals surface area contributed by atoms with Crippen LogP contribution in [0.15, 0.2) is 187 Å². The van der Waals surface area contributed by atoms with E-state index >= 15 is 0 Å². The summed E-state index contributed by atoms with van der Waals surface area (Å²) in [5.74, 6) is 0.172. The van der Waals surface area contributed by atoms with Gasteiger partial charge < -0.3 is 10.6 Å². The molecule has 8 rings (SSSR count). The maximum Gasteiger partial charge on any atom is 0.0617 e. The highest BCUT2D eigenvalue weighted by Gasteiger charge is 2.44. The van der Waals surface area contributed by atoms with Crippen LogP contribution < -0.4 is 10.6 Å². The highest BCUT2D eigenvalue weighted by atomic mass is 15.0. The highest BCUT2D eigenvalue weighted by molar-refractivity contribution is 5.90. The normalized spacial score (nSPS) is 19.6. The van der Waals surface area contributed by atoms with Gasteiger partial charge in [-0.2, -0.15) is 0 Å². The predicted octanol–water partition coefficient (Wildman–Crippen LogP) is 11.6. The molecule has 0 saturated heterocycles. The Morgan fingerprint density at radius 2 is 1.35 bits per heavy atom. The third kappa shape index (κ3) is 5.65. The minimum atomic E-state index is -0.238. The number of nitrogens with one attached hydrogen (secondary N) is 2. The van der Waals surface area contributed by atoms with E-state index in [9.17, 15) is 0 Å². The van der Waals surface area contributed by atoms with E-state index in [0.717, 1.165) is 30.8 Å². The molecule has 0 aromatic heterocycles. The first-order chi connectivity index (χ1) is 23.7. The van der Waals surface area contributed by atoms with E-state index in [1.165, 1.54) is 55.8 Å². The molecule has 0 amide bonds. The Morgan fingerprint density at radius 3 is 2.10 bits per heavy atom. The summed E-state index contributed by atoms with van der Waals surface area (Å²) in [4.78, 5) is 0. The van der Waals surface area contributed by atoms with Crippen LogP contribution in [-0.4, -0.2) is 6.54 Å². The average Bonchev–Trinajstić information content (AvgIpc) is 3.15. The standard InChI is InChI=1S/C46H40N2/c1-46-30-29-33(32-47-42-23-13-14-24-43(42)48-38-19-9-4-10-20-38)31-41(46)44(36-17-7-3-8-18-36)39-21-11-12-22-40(39)45(46)37-27-25-35(26-28-37)34-15-5-2-6-16-34/h2-9,11-19,21-31,45,47-48H,10,20,32H2,1H3/t45?,46-/m0/s1. The van der Waals surface area contributed by atoms with Crippen LogP contribution in [0.4, 0.5) is 11.4 Å². The lowest BCUT2D eigenvalue weighted by molar-refractivity contribution is 0.447. The SMILES string of the molecule is C[C@]12C=CC(CNc3ccccc3NC3=CC=CCC3)=CC1=C(c1ccccc1)c1ccccc1C2c1ccc(-c2ccccc2)cc1. The highest BCUT2D eigenvalue weighted by Crippen LogP contribution is 2.57. The molecule has 3 aliphatic carbocycles. The number of para-hydroxylation sites is 2. The molecule has 1 unspecified atom stereocenters. The molecule has 5 aromatic rings. The zero-order valence-corrected chi connectivity index (χ0v) is 27.4. The van der Waals surface area contributed by atoms with Crippen molar-refractivity contribution >= 4 is 16.9 Å². The summed E-state index contributed by atoms with van der Waals surface area (Å²) in [5, 5.41) is 7.44. The van der Waals surface area contributed by atoms with E-state index in [2.05, 4.69) is 187 Å². The molecular weight excluding hydrogens is 581 g/mol. The first-order valence-electron chi connectivity index (χ1n) is 17.1. The summed E-state index contributed by atoms with van der Waals surface area (Å²) < 4.78 is 0. The molecule has 234 valence electrons. The summed E-state index contributed by atoms with van der Waals surface area (Å²) >= 11 is 0. The van der Waals surface area contributed by atoms with Crippen LogP contribution in [0.5, 0.6) is 0 Å². The van der Waals surface area contributed by atoms with Gasteiger partial charge in [0.05, 0.1) is 11.4 Å². The van der Waals surface area contributed by atoms with E-state index in [4.69, 9.17) is 0 Å². The molecule has 2 N–H and O–H groups in total. The van der Waals surface area contributed by atoms with Gasteiger partial charge in [0.25, 0.3) is 0 Å². The number of benzene rings is 5. The molecule has 0 saturated carbocycles. The maximum atomic E-state index is 3.77. The molecule has 0 radical (unpaired) electrons. The smallest absolute Gasteiger partial charge is 0.0617 e. The predicted molar refractivity (Wildman–Crippen MR) is 203 cm³/mol. The third-order valence-electron chi connectivity index (χ3n) is 10.1. The van der Waals surface area contributed by atoms with Gasteiger partial charge in [0.2, 0.25) is 0 Å². The van der Waals surface area contributed by atoms with Crippen LogP contribution in [0.3, 0.4) is 0 Å². The molecule has 2 nitrogen and oxygen atoms in total. The molecular formula is C46H40N2. The fourth-order valence-corrected chi connectivity index (χ4v) is 7.67. The summed E-state index contributed by atoms with van der Waals surface area (Å²) in [5.41, 5.74) is 15.0. The van der Waals surface area contributed by atoms with Crippen molar-refractivity contribution in [3.8, 4) is 11.1 Å². The quantitative estimate of drug-likeness (QED) is 0.180. The summed E-state index contributed by atoms with van der Waals surface area (Å²) in [6, 6.07) is 48.4. The molecule has 0 spiro atoms. The fraction of sp³-hybridized carbons (Fsp3) is 0.130. The van der Waals surface area contributed by atoms with Gasteiger partial charge >= 0.3 is 0 Å². The topological polar surface area (TPSA) is 24.1 Å². The second kappa shape index (κ2) is 12.9. The van der Waals surface area contributed by atoms with Crippen molar-refractivity contribution in [1.82, 2.24) is 0 Å². The van der Waals surface area contributed by atoms with Gasteiger partial charge in [-0.15, -0.1) is 0 Å². The number of rotatable bonds is 8. The van der Waals surface area contributed by atoms with Gasteiger partial charge in [0.15, 0.2) is 0 Å². The second-order valence-electron chi connectivity index (χ2n) is 13.2. The molecule has 0 aliphatic heterocycles. The maximum absolute atomic E-state index is 3.77. The van der Waals surface area contributed by atoms with Crippen LogP contribution in [0.1, 0.15) is 47.9 Å². The Balaban J connectivity index is 1.19. The largest absolute Gasteiger partial charge is 0.379 e. The van der Waals surface area contributed by atoms with Gasteiger partial charge in [-0.3, -0.25) is 0 Å².